The minimum Gasteiger partial charge on any atom is -0.462 e. The number of halogens is 3. The van der Waals surface area contributed by atoms with Gasteiger partial charge in [-0.25, -0.2) is 9.78 Å². The van der Waals surface area contributed by atoms with E-state index in [1.165, 1.54) is 6.20 Å². The van der Waals surface area contributed by atoms with E-state index in [4.69, 9.17) is 39.5 Å². The molecule has 0 spiro atoms. The molecule has 1 N–H and O–H groups in total. The van der Waals surface area contributed by atoms with Crippen LogP contribution in [0.4, 0.5) is 0 Å². The van der Waals surface area contributed by atoms with Crippen molar-refractivity contribution in [3.8, 4) is 0 Å². The Bertz CT molecular complexity index is 685. The number of carbonyl (C=O) groups excluding carboxylic acids is 2. The van der Waals surface area contributed by atoms with Gasteiger partial charge in [-0.3, -0.25) is 4.79 Å². The summed E-state index contributed by atoms with van der Waals surface area (Å²) in [5, 5.41) is 2.95. The topological polar surface area (TPSA) is 68.3 Å². The summed E-state index contributed by atoms with van der Waals surface area (Å²) in [6.07, 6.45) is 3.36. The summed E-state index contributed by atoms with van der Waals surface area (Å²) in [6.45, 7) is 3.38. The summed E-state index contributed by atoms with van der Waals surface area (Å²) >= 11 is 17.9. The third kappa shape index (κ3) is 4.16. The van der Waals surface area contributed by atoms with Crippen molar-refractivity contribution in [1.29, 1.82) is 0 Å². The van der Waals surface area contributed by atoms with Crippen LogP contribution in [0.3, 0.4) is 0 Å². The number of ketones is 1. The number of aromatic nitrogens is 1. The second-order valence-corrected chi connectivity index (χ2v) is 6.15. The van der Waals surface area contributed by atoms with Gasteiger partial charge in [-0.05, 0) is 26.7 Å². The summed E-state index contributed by atoms with van der Waals surface area (Å²) in [7, 11) is 0. The number of rotatable bonds is 6. The van der Waals surface area contributed by atoms with Gasteiger partial charge < -0.3 is 10.1 Å². The fourth-order valence-electron chi connectivity index (χ4n) is 1.89. The maximum absolute atomic E-state index is 12.8. The Balaban J connectivity index is 2.42. The molecule has 1 saturated carbocycles. The zero-order valence-corrected chi connectivity index (χ0v) is 14.8. The molecule has 1 aliphatic carbocycles. The molecule has 0 unspecified atom stereocenters. The Kier molecular flexibility index (Phi) is 5.89. The van der Waals surface area contributed by atoms with Crippen LogP contribution >= 0.6 is 34.8 Å². The molecule has 0 bridgehead atoms. The first-order valence-corrected chi connectivity index (χ1v) is 8.19. The third-order valence-corrected chi connectivity index (χ3v) is 4.44. The van der Waals surface area contributed by atoms with E-state index in [2.05, 4.69) is 10.3 Å². The molecule has 8 heteroatoms. The smallest absolute Gasteiger partial charge is 0.343 e. The number of Topliss-reactive ketones (excluding diaryl/α,β-unsaturated/α-hetero) is 1. The highest BCUT2D eigenvalue weighted by Gasteiger charge is 2.28. The lowest BCUT2D eigenvalue weighted by molar-refractivity contribution is -0.138. The molecule has 124 valence electrons. The Hall–Kier alpha value is -1.30. The van der Waals surface area contributed by atoms with Gasteiger partial charge in [0.15, 0.2) is 0 Å². The van der Waals surface area contributed by atoms with Crippen LogP contribution in [0.2, 0.25) is 15.2 Å². The van der Waals surface area contributed by atoms with Crippen molar-refractivity contribution in [2.75, 3.05) is 6.61 Å². The van der Waals surface area contributed by atoms with Gasteiger partial charge in [-0.1, -0.05) is 34.8 Å². The van der Waals surface area contributed by atoms with E-state index in [0.29, 0.717) is 0 Å². The highest BCUT2D eigenvalue weighted by atomic mass is 35.5. The molecule has 23 heavy (non-hydrogen) atoms. The zero-order valence-electron chi connectivity index (χ0n) is 12.6. The van der Waals surface area contributed by atoms with Crippen molar-refractivity contribution in [1.82, 2.24) is 10.3 Å². The van der Waals surface area contributed by atoms with Crippen LogP contribution in [-0.2, 0) is 9.53 Å². The van der Waals surface area contributed by atoms with Gasteiger partial charge in [0.25, 0.3) is 0 Å². The van der Waals surface area contributed by atoms with E-state index >= 15 is 0 Å². The number of hydrogen-bond donors (Lipinski definition) is 1. The maximum Gasteiger partial charge on any atom is 0.343 e. The van der Waals surface area contributed by atoms with Crippen LogP contribution in [0, 0.1) is 6.92 Å². The molecule has 0 amide bonds. The summed E-state index contributed by atoms with van der Waals surface area (Å²) < 4.78 is 4.94. The van der Waals surface area contributed by atoms with Crippen LogP contribution in [0.15, 0.2) is 11.8 Å². The molecule has 0 saturated heterocycles. The van der Waals surface area contributed by atoms with Crippen LogP contribution in [-0.4, -0.2) is 29.4 Å². The molecular formula is C15H15Cl3N2O3. The van der Waals surface area contributed by atoms with E-state index in [0.717, 1.165) is 12.8 Å². The average Bonchev–Trinajstić information content (AvgIpc) is 3.29. The van der Waals surface area contributed by atoms with Crippen molar-refractivity contribution in [2.45, 2.75) is 32.7 Å². The first-order chi connectivity index (χ1) is 10.9. The first kappa shape index (κ1) is 18.0. The molecule has 2 rings (SSSR count). The lowest BCUT2D eigenvalue weighted by Gasteiger charge is -2.12. The summed E-state index contributed by atoms with van der Waals surface area (Å²) in [5.74, 6) is -1.34. The number of ether oxygens (including phenoxy) is 1. The number of aryl methyl sites for hydroxylation is 1. The monoisotopic (exact) mass is 376 g/mol. The number of nitrogens with one attached hydrogen (secondary N) is 1. The van der Waals surface area contributed by atoms with E-state index < -0.39 is 11.8 Å². The van der Waals surface area contributed by atoms with E-state index in [1.54, 1.807) is 13.8 Å². The SMILES string of the molecule is CCOC(=O)/C(=C\NC1CC1)C(=O)c1c(C)nc(Cl)c(Cl)c1Cl. The van der Waals surface area contributed by atoms with Gasteiger partial charge in [-0.2, -0.15) is 0 Å². The van der Waals surface area contributed by atoms with Crippen LogP contribution < -0.4 is 5.32 Å². The van der Waals surface area contributed by atoms with E-state index in [9.17, 15) is 9.59 Å². The Labute approximate surface area is 149 Å². The Morgan fingerprint density at radius 3 is 2.52 bits per heavy atom. The molecule has 1 aromatic heterocycles. The normalized spacial score (nSPS) is 14.6. The number of pyridine rings is 1. The predicted molar refractivity (Wildman–Crippen MR) is 89.2 cm³/mol. The molecule has 1 aromatic rings. The minimum absolute atomic E-state index is 0.00323. The Morgan fingerprint density at radius 2 is 1.96 bits per heavy atom. The Morgan fingerprint density at radius 1 is 1.30 bits per heavy atom. The molecule has 0 radical (unpaired) electrons. The summed E-state index contributed by atoms with van der Waals surface area (Å²) in [5.41, 5.74) is 0.179. The molecular weight excluding hydrogens is 363 g/mol. The van der Waals surface area contributed by atoms with Crippen molar-refractivity contribution >= 4 is 46.6 Å². The van der Waals surface area contributed by atoms with Crippen molar-refractivity contribution in [3.63, 3.8) is 0 Å². The lowest BCUT2D eigenvalue weighted by atomic mass is 10.0. The number of esters is 1. The van der Waals surface area contributed by atoms with Crippen molar-refractivity contribution in [3.05, 3.63) is 38.2 Å². The van der Waals surface area contributed by atoms with Gasteiger partial charge in [0, 0.05) is 12.2 Å². The highest BCUT2D eigenvalue weighted by molar-refractivity contribution is 6.49. The van der Waals surface area contributed by atoms with Crippen LogP contribution in [0.1, 0.15) is 35.8 Å². The first-order valence-electron chi connectivity index (χ1n) is 7.05. The molecule has 0 aliphatic heterocycles. The number of hydrogen-bond acceptors (Lipinski definition) is 5. The fraction of sp³-hybridized carbons (Fsp3) is 0.400. The second kappa shape index (κ2) is 7.51. The number of carbonyl (C=O) groups is 2. The van der Waals surface area contributed by atoms with Gasteiger partial charge in [0.1, 0.15) is 10.7 Å². The predicted octanol–water partition coefficient (Wildman–Crippen LogP) is 3.73. The summed E-state index contributed by atoms with van der Waals surface area (Å²) in [4.78, 5) is 28.8. The lowest BCUT2D eigenvalue weighted by Crippen LogP contribution is -2.21. The molecule has 5 nitrogen and oxygen atoms in total. The highest BCUT2D eigenvalue weighted by Crippen LogP contribution is 2.34. The van der Waals surface area contributed by atoms with Crippen LogP contribution in [0.5, 0.6) is 0 Å². The second-order valence-electron chi connectivity index (χ2n) is 5.04. The quantitative estimate of drug-likeness (QED) is 0.204. The molecule has 1 fully saturated rings. The average molecular weight is 378 g/mol. The summed E-state index contributed by atoms with van der Waals surface area (Å²) in [6, 6.07) is 0.274. The van der Waals surface area contributed by atoms with Gasteiger partial charge in [-0.15, -0.1) is 0 Å². The zero-order chi connectivity index (χ0) is 17.1. The van der Waals surface area contributed by atoms with Crippen LogP contribution in [0.25, 0.3) is 0 Å². The third-order valence-electron chi connectivity index (χ3n) is 3.23. The number of nitrogens with zero attached hydrogens (tertiary/aromatic N) is 1. The largest absolute Gasteiger partial charge is 0.462 e. The van der Waals surface area contributed by atoms with Gasteiger partial charge >= 0.3 is 5.97 Å². The maximum atomic E-state index is 12.8. The van der Waals surface area contributed by atoms with Gasteiger partial charge in [0.2, 0.25) is 5.78 Å². The molecule has 0 atom stereocenters. The fourth-order valence-corrected chi connectivity index (χ4v) is 2.61. The van der Waals surface area contributed by atoms with Gasteiger partial charge in [0.05, 0.1) is 27.9 Å². The molecule has 1 aliphatic rings. The minimum atomic E-state index is -0.729. The van der Waals surface area contributed by atoms with Crippen molar-refractivity contribution in [2.24, 2.45) is 0 Å². The van der Waals surface area contributed by atoms with E-state index in [1.807, 2.05) is 0 Å². The molecule has 1 heterocycles. The van der Waals surface area contributed by atoms with Crippen molar-refractivity contribution < 1.29 is 14.3 Å². The molecule has 0 aromatic carbocycles. The standard InChI is InChI=1S/C15H15Cl3N2O3/c1-3-23-15(22)9(6-19-8-4-5-8)13(21)10-7(2)20-14(18)12(17)11(10)16/h6,8,19H,3-5H2,1-2H3/b9-6-. The van der Waals surface area contributed by atoms with E-state index in [-0.39, 0.29) is 44.7 Å².